The monoisotopic (exact) mass is 338 g/mol. The fourth-order valence-corrected chi connectivity index (χ4v) is 3.28. The van der Waals surface area contributed by atoms with E-state index >= 15 is 0 Å². The van der Waals surface area contributed by atoms with E-state index in [0.717, 1.165) is 33.3 Å². The zero-order valence-corrected chi connectivity index (χ0v) is 12.6. The maximum Gasteiger partial charge on any atom is 0.292 e. The minimum Gasteiger partial charge on any atom is -0.451 e. The molecule has 2 heterocycles. The maximum atomic E-state index is 12.1. The van der Waals surface area contributed by atoms with Gasteiger partial charge in [0.05, 0.1) is 6.54 Å². The number of amidine groups is 1. The molecular formula is C13H11BrN2O2S. The van der Waals surface area contributed by atoms with Crippen LogP contribution in [0.25, 0.3) is 11.0 Å². The Kier molecular flexibility index (Phi) is 3.36. The molecule has 0 spiro atoms. The summed E-state index contributed by atoms with van der Waals surface area (Å²) in [6.45, 7) is 2.71. The number of nitrogens with zero attached hydrogens (tertiary/aromatic N) is 1. The Morgan fingerprint density at radius 3 is 3.05 bits per heavy atom. The molecule has 0 aliphatic carbocycles. The molecule has 1 aliphatic heterocycles. The van der Waals surface area contributed by atoms with Gasteiger partial charge in [0, 0.05) is 15.6 Å². The van der Waals surface area contributed by atoms with Crippen molar-refractivity contribution >= 4 is 49.7 Å². The van der Waals surface area contributed by atoms with Crippen LogP contribution in [0.4, 0.5) is 0 Å². The highest BCUT2D eigenvalue weighted by molar-refractivity contribution is 9.10. The Balaban J connectivity index is 1.92. The lowest BCUT2D eigenvalue weighted by atomic mass is 10.2. The second-order valence-electron chi connectivity index (χ2n) is 4.24. The van der Waals surface area contributed by atoms with Gasteiger partial charge in [0.15, 0.2) is 10.9 Å². The van der Waals surface area contributed by atoms with Crippen LogP contribution in [0.15, 0.2) is 32.1 Å². The van der Waals surface area contributed by atoms with Crippen molar-refractivity contribution in [1.29, 1.82) is 0 Å². The fourth-order valence-electron chi connectivity index (χ4n) is 1.96. The molecule has 0 bridgehead atoms. The van der Waals surface area contributed by atoms with Gasteiger partial charge in [-0.2, -0.15) is 0 Å². The van der Waals surface area contributed by atoms with E-state index in [0.29, 0.717) is 10.9 Å². The molecule has 3 rings (SSSR count). The average molecular weight is 339 g/mol. The smallest absolute Gasteiger partial charge is 0.292 e. The van der Waals surface area contributed by atoms with E-state index in [1.807, 2.05) is 19.1 Å². The molecule has 1 aromatic carbocycles. The summed E-state index contributed by atoms with van der Waals surface area (Å²) in [6.07, 6.45) is 0. The van der Waals surface area contributed by atoms with E-state index in [9.17, 15) is 4.79 Å². The lowest BCUT2D eigenvalue weighted by Gasteiger charge is -2.00. The van der Waals surface area contributed by atoms with Crippen molar-refractivity contribution in [3.8, 4) is 0 Å². The zero-order valence-electron chi connectivity index (χ0n) is 10.2. The van der Waals surface area contributed by atoms with Crippen LogP contribution < -0.4 is 5.32 Å². The first kappa shape index (κ1) is 12.7. The molecule has 1 aromatic heterocycles. The number of thioether (sulfide) groups is 1. The Labute approximate surface area is 122 Å². The summed E-state index contributed by atoms with van der Waals surface area (Å²) < 4.78 is 6.60. The molecule has 1 N–H and O–H groups in total. The second-order valence-corrected chi connectivity index (χ2v) is 6.24. The molecule has 0 radical (unpaired) electrons. The molecule has 0 saturated heterocycles. The quantitative estimate of drug-likeness (QED) is 0.867. The summed E-state index contributed by atoms with van der Waals surface area (Å²) in [5.74, 6) is 0.980. The van der Waals surface area contributed by atoms with Crippen LogP contribution in [0.5, 0.6) is 0 Å². The van der Waals surface area contributed by atoms with Crippen molar-refractivity contribution in [3.05, 3.63) is 34.0 Å². The molecule has 4 nitrogen and oxygen atoms in total. The van der Waals surface area contributed by atoms with Crippen molar-refractivity contribution < 1.29 is 9.21 Å². The zero-order chi connectivity index (χ0) is 13.4. The SMILES string of the molecule is Cc1cc(Br)cc2cc(C(=O)NC3=NCCS3)oc12. The molecule has 2 aromatic rings. The Bertz CT molecular complexity index is 693. The molecule has 0 atom stereocenters. The molecule has 0 saturated carbocycles. The predicted molar refractivity (Wildman–Crippen MR) is 80.9 cm³/mol. The fraction of sp³-hybridized carbons (Fsp3) is 0.231. The molecule has 0 unspecified atom stereocenters. The number of hydrogen-bond donors (Lipinski definition) is 1. The molecule has 98 valence electrons. The largest absolute Gasteiger partial charge is 0.451 e. The van der Waals surface area contributed by atoms with Crippen molar-refractivity contribution in [1.82, 2.24) is 5.32 Å². The summed E-state index contributed by atoms with van der Waals surface area (Å²) >= 11 is 4.98. The lowest BCUT2D eigenvalue weighted by molar-refractivity contribution is 0.0953. The molecule has 1 aliphatic rings. The van der Waals surface area contributed by atoms with Gasteiger partial charge in [0.25, 0.3) is 5.91 Å². The number of amides is 1. The van der Waals surface area contributed by atoms with Crippen LogP contribution in [0.1, 0.15) is 16.1 Å². The number of rotatable bonds is 1. The first-order valence-electron chi connectivity index (χ1n) is 5.82. The number of carbonyl (C=O) groups is 1. The number of furan rings is 1. The van der Waals surface area contributed by atoms with Gasteiger partial charge >= 0.3 is 0 Å². The summed E-state index contributed by atoms with van der Waals surface area (Å²) in [5.41, 5.74) is 1.74. The van der Waals surface area contributed by atoms with E-state index in [-0.39, 0.29) is 5.91 Å². The van der Waals surface area contributed by atoms with E-state index < -0.39 is 0 Å². The van der Waals surface area contributed by atoms with Crippen LogP contribution in [-0.4, -0.2) is 23.4 Å². The predicted octanol–water partition coefficient (Wildman–Crippen LogP) is 3.34. The highest BCUT2D eigenvalue weighted by Gasteiger charge is 2.17. The number of hydrogen-bond acceptors (Lipinski definition) is 4. The van der Waals surface area contributed by atoms with Crippen LogP contribution in [0.3, 0.4) is 0 Å². The third-order valence-corrected chi connectivity index (χ3v) is 4.15. The Hall–Kier alpha value is -1.27. The molecule has 0 fully saturated rings. The lowest BCUT2D eigenvalue weighted by Crippen LogP contribution is -2.26. The van der Waals surface area contributed by atoms with Crippen LogP contribution in [0.2, 0.25) is 0 Å². The summed E-state index contributed by atoms with van der Waals surface area (Å²) in [5, 5.41) is 4.34. The Morgan fingerprint density at radius 2 is 2.32 bits per heavy atom. The van der Waals surface area contributed by atoms with Crippen LogP contribution in [0, 0.1) is 6.92 Å². The molecule has 19 heavy (non-hydrogen) atoms. The number of aryl methyl sites for hydroxylation is 1. The van der Waals surface area contributed by atoms with Crippen molar-refractivity contribution in [3.63, 3.8) is 0 Å². The summed E-state index contributed by atoms with van der Waals surface area (Å²) in [6, 6.07) is 5.65. The standard InChI is InChI=1S/C13H11BrN2O2S/c1-7-4-9(14)5-8-6-10(18-11(7)8)12(17)16-13-15-2-3-19-13/h4-6H,2-3H2,1H3,(H,15,16,17). The van der Waals surface area contributed by atoms with Gasteiger partial charge < -0.3 is 4.42 Å². The number of halogens is 1. The summed E-state index contributed by atoms with van der Waals surface area (Å²) in [7, 11) is 0. The van der Waals surface area contributed by atoms with Gasteiger partial charge in [-0.15, -0.1) is 0 Å². The van der Waals surface area contributed by atoms with Gasteiger partial charge in [0.2, 0.25) is 0 Å². The first-order valence-corrected chi connectivity index (χ1v) is 7.59. The average Bonchev–Trinajstić information content (AvgIpc) is 2.97. The van der Waals surface area contributed by atoms with Gasteiger partial charge in [-0.3, -0.25) is 15.1 Å². The number of nitrogens with one attached hydrogen (secondary N) is 1. The van der Waals surface area contributed by atoms with Crippen LogP contribution in [-0.2, 0) is 0 Å². The number of benzene rings is 1. The Morgan fingerprint density at radius 1 is 1.47 bits per heavy atom. The maximum absolute atomic E-state index is 12.1. The first-order chi connectivity index (χ1) is 9.13. The highest BCUT2D eigenvalue weighted by atomic mass is 79.9. The molecule has 6 heteroatoms. The van der Waals surface area contributed by atoms with Gasteiger partial charge in [-0.1, -0.05) is 27.7 Å². The van der Waals surface area contributed by atoms with Crippen LogP contribution >= 0.6 is 27.7 Å². The summed E-state index contributed by atoms with van der Waals surface area (Å²) in [4.78, 5) is 16.2. The van der Waals surface area contributed by atoms with Crippen molar-refractivity contribution in [2.45, 2.75) is 6.92 Å². The van der Waals surface area contributed by atoms with Gasteiger partial charge in [-0.05, 0) is 30.7 Å². The molecular weight excluding hydrogens is 328 g/mol. The van der Waals surface area contributed by atoms with E-state index in [1.54, 1.807) is 17.8 Å². The number of aliphatic imine (C=N–C) groups is 1. The van der Waals surface area contributed by atoms with E-state index in [1.165, 1.54) is 0 Å². The van der Waals surface area contributed by atoms with Gasteiger partial charge in [0.1, 0.15) is 5.58 Å². The van der Waals surface area contributed by atoms with Gasteiger partial charge in [-0.25, -0.2) is 0 Å². The number of fused-ring (bicyclic) bond motifs is 1. The highest BCUT2D eigenvalue weighted by Crippen LogP contribution is 2.27. The second kappa shape index (κ2) is 5.02. The topological polar surface area (TPSA) is 54.6 Å². The van der Waals surface area contributed by atoms with Crippen molar-refractivity contribution in [2.75, 3.05) is 12.3 Å². The van der Waals surface area contributed by atoms with E-state index in [4.69, 9.17) is 4.42 Å². The normalized spacial score (nSPS) is 14.7. The molecule has 1 amide bonds. The minimum atomic E-state index is -0.250. The third-order valence-electron chi connectivity index (χ3n) is 2.80. The number of carbonyl (C=O) groups excluding carboxylic acids is 1. The minimum absolute atomic E-state index is 0.250. The third kappa shape index (κ3) is 2.55. The van der Waals surface area contributed by atoms with Crippen molar-refractivity contribution in [2.24, 2.45) is 4.99 Å². The van der Waals surface area contributed by atoms with E-state index in [2.05, 4.69) is 26.2 Å².